The second-order valence-corrected chi connectivity index (χ2v) is 10.7. The maximum atomic E-state index is 12.6. The number of anilines is 2. The number of hydrogen-bond donors (Lipinski definition) is 2. The lowest BCUT2D eigenvalue weighted by molar-refractivity contribution is 0.0600. The van der Waals surface area contributed by atoms with E-state index in [9.17, 15) is 19.5 Å². The van der Waals surface area contributed by atoms with Gasteiger partial charge in [0.05, 0.1) is 18.1 Å². The highest BCUT2D eigenvalue weighted by atomic mass is 32.1. The van der Waals surface area contributed by atoms with Gasteiger partial charge in [0.1, 0.15) is 16.2 Å². The number of hydrogen-bond acceptors (Lipinski definition) is 9. The second kappa shape index (κ2) is 10.7. The molecule has 0 spiro atoms. The summed E-state index contributed by atoms with van der Waals surface area (Å²) in [6.45, 7) is 4.75. The molecule has 1 aliphatic heterocycles. The zero-order valence-corrected chi connectivity index (χ0v) is 22.8. The number of aryl methyl sites for hydroxylation is 2. The summed E-state index contributed by atoms with van der Waals surface area (Å²) >= 11 is 7.29. The number of thiocarbonyl (C=S) groups is 1. The van der Waals surface area contributed by atoms with Gasteiger partial charge >= 0.3 is 11.9 Å². The van der Waals surface area contributed by atoms with Crippen LogP contribution in [0.3, 0.4) is 0 Å². The molecule has 1 fully saturated rings. The van der Waals surface area contributed by atoms with Crippen molar-refractivity contribution in [3.63, 3.8) is 0 Å². The van der Waals surface area contributed by atoms with Crippen molar-refractivity contribution in [1.82, 2.24) is 19.4 Å². The van der Waals surface area contributed by atoms with E-state index in [1.165, 1.54) is 24.4 Å². The van der Waals surface area contributed by atoms with Crippen LogP contribution in [-0.4, -0.2) is 74.9 Å². The highest BCUT2D eigenvalue weighted by molar-refractivity contribution is 7.80. The van der Waals surface area contributed by atoms with Crippen LogP contribution in [0.15, 0.2) is 17.2 Å². The number of aromatic carboxylic acids is 1. The van der Waals surface area contributed by atoms with E-state index in [-0.39, 0.29) is 16.9 Å². The average molecular weight is 557 g/mol. The second-order valence-electron chi connectivity index (χ2n) is 9.18. The van der Waals surface area contributed by atoms with Gasteiger partial charge in [-0.2, -0.15) is 4.98 Å². The summed E-state index contributed by atoms with van der Waals surface area (Å²) in [5.74, 6) is -1.14. The lowest BCUT2D eigenvalue weighted by atomic mass is 9.95. The smallest absolute Gasteiger partial charge is 0.341 e. The van der Waals surface area contributed by atoms with Gasteiger partial charge in [-0.05, 0) is 50.4 Å². The SMILES string of the molecule is CCn1cc(C(=O)O)c(=O)c2cnc(N3CCN(C(=S)Nc4sc5c(c4C(=O)OC)CCCC5)CC3)nc21. The molecule has 4 heterocycles. The van der Waals surface area contributed by atoms with Crippen molar-refractivity contribution >= 4 is 62.6 Å². The van der Waals surface area contributed by atoms with Crippen molar-refractivity contribution in [1.29, 1.82) is 0 Å². The number of ether oxygens (including phenoxy) is 1. The Bertz CT molecular complexity index is 1490. The van der Waals surface area contributed by atoms with Crippen LogP contribution in [0, 0.1) is 0 Å². The number of pyridine rings is 1. The normalized spacial score (nSPS) is 15.3. The van der Waals surface area contributed by atoms with Crippen LogP contribution in [0.5, 0.6) is 0 Å². The van der Waals surface area contributed by atoms with Crippen LogP contribution in [0.1, 0.15) is 50.9 Å². The summed E-state index contributed by atoms with van der Waals surface area (Å²) < 4.78 is 6.72. The number of rotatable bonds is 5. The Morgan fingerprint density at radius 2 is 1.95 bits per heavy atom. The van der Waals surface area contributed by atoms with E-state index in [4.69, 9.17) is 17.0 Å². The summed E-state index contributed by atoms with van der Waals surface area (Å²) in [6.07, 6.45) is 6.75. The molecule has 200 valence electrons. The summed E-state index contributed by atoms with van der Waals surface area (Å²) in [4.78, 5) is 50.9. The number of thiophene rings is 1. The van der Waals surface area contributed by atoms with Crippen molar-refractivity contribution < 1.29 is 19.4 Å². The van der Waals surface area contributed by atoms with Crippen LogP contribution in [0.2, 0.25) is 0 Å². The molecule has 0 radical (unpaired) electrons. The highest BCUT2D eigenvalue weighted by Gasteiger charge is 2.28. The van der Waals surface area contributed by atoms with Gasteiger partial charge in [-0.25, -0.2) is 14.6 Å². The molecule has 1 saturated heterocycles. The third kappa shape index (κ3) is 4.71. The average Bonchev–Trinajstić information content (AvgIpc) is 3.30. The first-order chi connectivity index (χ1) is 18.3. The molecule has 11 nitrogen and oxygen atoms in total. The molecular weight excluding hydrogens is 528 g/mol. The van der Waals surface area contributed by atoms with Crippen molar-refractivity contribution in [3.05, 3.63) is 44.2 Å². The van der Waals surface area contributed by atoms with Crippen LogP contribution in [0.4, 0.5) is 10.9 Å². The summed E-state index contributed by atoms with van der Waals surface area (Å²) in [5.41, 5.74) is 1.20. The number of piperazine rings is 1. The molecule has 3 aromatic rings. The Morgan fingerprint density at radius 3 is 2.63 bits per heavy atom. The molecule has 0 bridgehead atoms. The molecule has 2 N–H and O–H groups in total. The van der Waals surface area contributed by atoms with Crippen LogP contribution < -0.4 is 15.6 Å². The van der Waals surface area contributed by atoms with Gasteiger partial charge < -0.3 is 29.5 Å². The van der Waals surface area contributed by atoms with Crippen molar-refractivity contribution in [2.75, 3.05) is 43.5 Å². The number of carboxylic acids is 1. The van der Waals surface area contributed by atoms with Gasteiger partial charge in [-0.3, -0.25) is 4.79 Å². The first kappa shape index (κ1) is 26.0. The number of esters is 1. The number of carbonyl (C=O) groups excluding carboxylic acids is 1. The van der Waals surface area contributed by atoms with Gasteiger partial charge in [0, 0.05) is 50.0 Å². The Morgan fingerprint density at radius 1 is 1.21 bits per heavy atom. The molecule has 5 rings (SSSR count). The fraction of sp³-hybridized carbons (Fsp3) is 0.440. The zero-order valence-electron chi connectivity index (χ0n) is 21.2. The third-order valence-corrected chi connectivity index (χ3v) is 8.57. The maximum absolute atomic E-state index is 12.6. The fourth-order valence-electron chi connectivity index (χ4n) is 4.97. The molecule has 0 saturated carbocycles. The Hall–Kier alpha value is -3.58. The fourth-order valence-corrected chi connectivity index (χ4v) is 6.59. The van der Waals surface area contributed by atoms with E-state index < -0.39 is 11.4 Å². The number of nitrogens with one attached hydrogen (secondary N) is 1. The maximum Gasteiger partial charge on any atom is 0.341 e. The van der Waals surface area contributed by atoms with Gasteiger partial charge in [0.25, 0.3) is 0 Å². The largest absolute Gasteiger partial charge is 0.477 e. The van der Waals surface area contributed by atoms with E-state index in [0.717, 1.165) is 36.2 Å². The predicted molar refractivity (Wildman–Crippen MR) is 149 cm³/mol. The minimum atomic E-state index is -1.27. The first-order valence-electron chi connectivity index (χ1n) is 12.5. The molecule has 0 aromatic carbocycles. The van der Waals surface area contributed by atoms with Crippen LogP contribution >= 0.6 is 23.6 Å². The van der Waals surface area contributed by atoms with E-state index >= 15 is 0 Å². The van der Waals surface area contributed by atoms with Gasteiger partial charge in [-0.1, -0.05) is 0 Å². The number of aromatic nitrogens is 3. The quantitative estimate of drug-likeness (QED) is 0.355. The highest BCUT2D eigenvalue weighted by Crippen LogP contribution is 2.38. The van der Waals surface area contributed by atoms with Crippen LogP contribution in [-0.2, 0) is 24.1 Å². The van der Waals surface area contributed by atoms with Gasteiger partial charge in [0.2, 0.25) is 11.4 Å². The van der Waals surface area contributed by atoms with E-state index in [1.54, 1.807) is 15.9 Å². The van der Waals surface area contributed by atoms with Crippen LogP contribution in [0.25, 0.3) is 11.0 Å². The molecular formula is C25H28N6O5S2. The molecule has 0 unspecified atom stereocenters. The summed E-state index contributed by atoms with van der Waals surface area (Å²) in [7, 11) is 1.40. The molecule has 3 aromatic heterocycles. The molecule has 38 heavy (non-hydrogen) atoms. The molecule has 2 aliphatic rings. The summed E-state index contributed by atoms with van der Waals surface area (Å²) in [6, 6.07) is 0. The minimum absolute atomic E-state index is 0.180. The summed E-state index contributed by atoms with van der Waals surface area (Å²) in [5, 5.41) is 14.1. The van der Waals surface area contributed by atoms with Crippen molar-refractivity contribution in [2.24, 2.45) is 0 Å². The number of methoxy groups -OCH3 is 1. The topological polar surface area (TPSA) is 130 Å². The van der Waals surface area contributed by atoms with Gasteiger partial charge in [0.15, 0.2) is 5.11 Å². The Labute approximate surface area is 228 Å². The van der Waals surface area contributed by atoms with Gasteiger partial charge in [-0.15, -0.1) is 11.3 Å². The molecule has 0 atom stereocenters. The Kier molecular flexibility index (Phi) is 7.30. The lowest BCUT2D eigenvalue weighted by Crippen LogP contribution is -2.50. The van der Waals surface area contributed by atoms with E-state index in [1.807, 2.05) is 16.7 Å². The number of carbonyl (C=O) groups is 2. The zero-order chi connectivity index (χ0) is 27.0. The van der Waals surface area contributed by atoms with E-state index in [2.05, 4.69) is 15.3 Å². The van der Waals surface area contributed by atoms with E-state index in [0.29, 0.717) is 55.0 Å². The molecule has 0 amide bonds. The standard InChI is InChI=1S/C25H28N6O5S2/c1-3-29-13-16(22(33)34)19(32)15-12-26-24(27-20(15)29)30-8-10-31(11-9-30)25(37)28-21-18(23(35)36-2)14-6-4-5-7-17(14)38-21/h12-13H,3-11H2,1-2H3,(H,28,37)(H,33,34). The van der Waals surface area contributed by atoms with Crippen molar-refractivity contribution in [2.45, 2.75) is 39.2 Å². The number of carboxylic acid groups (broad SMARTS) is 1. The minimum Gasteiger partial charge on any atom is -0.477 e. The number of fused-ring (bicyclic) bond motifs is 2. The van der Waals surface area contributed by atoms with Crippen molar-refractivity contribution in [3.8, 4) is 0 Å². The Balaban J connectivity index is 1.31. The lowest BCUT2D eigenvalue weighted by Gasteiger charge is -2.36. The molecule has 13 heteroatoms. The molecule has 1 aliphatic carbocycles. The number of nitrogens with zero attached hydrogens (tertiary/aromatic N) is 5. The third-order valence-electron chi connectivity index (χ3n) is 7.00. The first-order valence-corrected chi connectivity index (χ1v) is 13.7. The monoisotopic (exact) mass is 556 g/mol. The predicted octanol–water partition coefficient (Wildman–Crippen LogP) is 2.76.